The van der Waals surface area contributed by atoms with E-state index in [9.17, 15) is 4.79 Å². The third kappa shape index (κ3) is 4.23. The van der Waals surface area contributed by atoms with Crippen LogP contribution < -0.4 is 10.6 Å². The van der Waals surface area contributed by atoms with Crippen LogP contribution in [0.4, 0.5) is 4.79 Å². The maximum absolute atomic E-state index is 11.8. The highest BCUT2D eigenvalue weighted by molar-refractivity contribution is 5.75. The average molecular weight is 276 g/mol. The fraction of sp³-hybridized carbons (Fsp3) is 0.562. The van der Waals surface area contributed by atoms with Gasteiger partial charge in [0.05, 0.1) is 0 Å². The molecule has 0 heterocycles. The minimum atomic E-state index is -0.112. The van der Waals surface area contributed by atoms with Gasteiger partial charge in [-0.1, -0.05) is 44.2 Å². The number of aliphatic hydroxyl groups excluding tert-OH is 1. The predicted octanol–water partition coefficient (Wildman–Crippen LogP) is 2.25. The molecule has 1 aliphatic carbocycles. The quantitative estimate of drug-likeness (QED) is 0.746. The Morgan fingerprint density at radius 2 is 2.05 bits per heavy atom. The first-order valence-electron chi connectivity index (χ1n) is 7.22. The van der Waals surface area contributed by atoms with E-state index in [0.29, 0.717) is 18.9 Å². The Morgan fingerprint density at radius 1 is 1.35 bits per heavy atom. The molecule has 3 N–H and O–H groups in total. The van der Waals surface area contributed by atoms with Crippen molar-refractivity contribution in [3.63, 3.8) is 0 Å². The second kappa shape index (κ2) is 6.27. The molecule has 0 spiro atoms. The predicted molar refractivity (Wildman–Crippen MR) is 79.6 cm³/mol. The number of urea groups is 1. The highest BCUT2D eigenvalue weighted by Gasteiger charge is 2.39. The number of nitrogens with one attached hydrogen (secondary N) is 2. The summed E-state index contributed by atoms with van der Waals surface area (Å²) in [5.41, 5.74) is 1.22. The topological polar surface area (TPSA) is 61.4 Å². The van der Waals surface area contributed by atoms with Gasteiger partial charge in [0.25, 0.3) is 0 Å². The molecule has 20 heavy (non-hydrogen) atoms. The Morgan fingerprint density at radius 3 is 2.70 bits per heavy atom. The van der Waals surface area contributed by atoms with E-state index in [0.717, 1.165) is 6.42 Å². The van der Waals surface area contributed by atoms with Gasteiger partial charge in [-0.25, -0.2) is 4.79 Å². The van der Waals surface area contributed by atoms with Crippen molar-refractivity contribution >= 4 is 6.03 Å². The smallest absolute Gasteiger partial charge is 0.315 e. The van der Waals surface area contributed by atoms with Gasteiger partial charge in [-0.15, -0.1) is 0 Å². The molecule has 1 saturated carbocycles. The van der Waals surface area contributed by atoms with Gasteiger partial charge in [-0.2, -0.15) is 0 Å². The van der Waals surface area contributed by atoms with Gasteiger partial charge < -0.3 is 15.7 Å². The highest BCUT2D eigenvalue weighted by atomic mass is 16.3. The van der Waals surface area contributed by atoms with Crippen LogP contribution in [0.1, 0.15) is 38.2 Å². The van der Waals surface area contributed by atoms with Crippen molar-refractivity contribution in [3.05, 3.63) is 35.9 Å². The van der Waals surface area contributed by atoms with Gasteiger partial charge in [0.1, 0.15) is 0 Å². The molecule has 1 aromatic rings. The summed E-state index contributed by atoms with van der Waals surface area (Å²) in [4.78, 5) is 11.8. The van der Waals surface area contributed by atoms with Crippen LogP contribution in [0.15, 0.2) is 30.3 Å². The summed E-state index contributed by atoms with van der Waals surface area (Å²) >= 11 is 0. The number of carbonyl (C=O) groups excluding carboxylic acids is 1. The Kier molecular flexibility index (Phi) is 4.65. The molecule has 0 saturated heterocycles. The maximum atomic E-state index is 11.8. The first-order valence-corrected chi connectivity index (χ1v) is 7.22. The molecule has 0 aliphatic heterocycles. The van der Waals surface area contributed by atoms with Gasteiger partial charge in [0.15, 0.2) is 0 Å². The SMILES string of the molecule is CC(C)(CCO)CNC(=O)NC1CC1c1ccccc1. The molecule has 1 aromatic carbocycles. The Bertz CT molecular complexity index is 445. The molecule has 2 atom stereocenters. The van der Waals surface area contributed by atoms with Crippen LogP contribution in [-0.4, -0.2) is 30.3 Å². The molecule has 0 radical (unpaired) electrons. The summed E-state index contributed by atoms with van der Waals surface area (Å²) in [6.07, 6.45) is 1.70. The Hall–Kier alpha value is -1.55. The summed E-state index contributed by atoms with van der Waals surface area (Å²) in [6.45, 7) is 4.79. The van der Waals surface area contributed by atoms with Crippen LogP contribution in [0.3, 0.4) is 0 Å². The van der Waals surface area contributed by atoms with Crippen molar-refractivity contribution < 1.29 is 9.90 Å². The number of rotatable bonds is 6. The largest absolute Gasteiger partial charge is 0.396 e. The second-order valence-corrected chi connectivity index (χ2v) is 6.32. The van der Waals surface area contributed by atoms with E-state index < -0.39 is 0 Å². The van der Waals surface area contributed by atoms with E-state index in [1.807, 2.05) is 32.0 Å². The summed E-state index contributed by atoms with van der Waals surface area (Å²) in [5.74, 6) is 0.451. The molecular formula is C16H24N2O2. The molecule has 2 amide bonds. The summed E-state index contributed by atoms with van der Waals surface area (Å²) in [7, 11) is 0. The zero-order chi connectivity index (χ0) is 14.6. The lowest BCUT2D eigenvalue weighted by atomic mass is 9.90. The van der Waals surface area contributed by atoms with Crippen molar-refractivity contribution in [2.75, 3.05) is 13.2 Å². The first-order chi connectivity index (χ1) is 9.52. The number of hydrogen-bond acceptors (Lipinski definition) is 2. The van der Waals surface area contributed by atoms with Crippen LogP contribution in [0.2, 0.25) is 0 Å². The summed E-state index contributed by atoms with van der Waals surface area (Å²) in [6, 6.07) is 10.4. The van der Waals surface area contributed by atoms with Crippen LogP contribution in [0.25, 0.3) is 0 Å². The van der Waals surface area contributed by atoms with E-state index in [4.69, 9.17) is 5.11 Å². The highest BCUT2D eigenvalue weighted by Crippen LogP contribution is 2.40. The molecule has 2 unspecified atom stereocenters. The van der Waals surface area contributed by atoms with Crippen LogP contribution in [0, 0.1) is 5.41 Å². The molecular weight excluding hydrogens is 252 g/mol. The Balaban J connectivity index is 1.72. The number of amides is 2. The maximum Gasteiger partial charge on any atom is 0.315 e. The molecule has 4 heteroatoms. The van der Waals surface area contributed by atoms with E-state index in [1.165, 1.54) is 5.56 Å². The molecule has 110 valence electrons. The van der Waals surface area contributed by atoms with Gasteiger partial charge in [0, 0.05) is 25.1 Å². The van der Waals surface area contributed by atoms with Crippen LogP contribution in [0.5, 0.6) is 0 Å². The minimum absolute atomic E-state index is 0.0749. The molecule has 4 nitrogen and oxygen atoms in total. The molecule has 1 fully saturated rings. The standard InChI is InChI=1S/C16H24N2O2/c1-16(2,8-9-19)11-17-15(20)18-14-10-13(14)12-6-4-3-5-7-12/h3-7,13-14,19H,8-11H2,1-2H3,(H2,17,18,20). The third-order valence-electron chi connectivity index (χ3n) is 3.85. The van der Waals surface area contributed by atoms with Crippen LogP contribution >= 0.6 is 0 Å². The Labute approximate surface area is 120 Å². The zero-order valence-electron chi connectivity index (χ0n) is 12.2. The lowest BCUT2D eigenvalue weighted by Gasteiger charge is -2.23. The van der Waals surface area contributed by atoms with E-state index in [-0.39, 0.29) is 24.1 Å². The van der Waals surface area contributed by atoms with E-state index in [1.54, 1.807) is 0 Å². The first kappa shape index (κ1) is 14.9. The van der Waals surface area contributed by atoms with Crippen molar-refractivity contribution in [1.82, 2.24) is 10.6 Å². The third-order valence-corrected chi connectivity index (χ3v) is 3.85. The lowest BCUT2D eigenvalue weighted by molar-refractivity contribution is 0.201. The molecule has 2 rings (SSSR count). The van der Waals surface area contributed by atoms with E-state index in [2.05, 4.69) is 22.8 Å². The fourth-order valence-corrected chi connectivity index (χ4v) is 2.35. The van der Waals surface area contributed by atoms with E-state index >= 15 is 0 Å². The van der Waals surface area contributed by atoms with Gasteiger partial charge in [-0.05, 0) is 23.8 Å². The minimum Gasteiger partial charge on any atom is -0.396 e. The summed E-state index contributed by atoms with van der Waals surface area (Å²) in [5, 5.41) is 14.8. The molecule has 0 bridgehead atoms. The van der Waals surface area contributed by atoms with Gasteiger partial charge in [0.2, 0.25) is 0 Å². The number of carbonyl (C=O) groups is 1. The van der Waals surface area contributed by atoms with Crippen molar-refractivity contribution in [2.24, 2.45) is 5.41 Å². The van der Waals surface area contributed by atoms with Gasteiger partial charge >= 0.3 is 6.03 Å². The second-order valence-electron chi connectivity index (χ2n) is 6.32. The molecule has 0 aromatic heterocycles. The number of benzene rings is 1. The van der Waals surface area contributed by atoms with Crippen molar-refractivity contribution in [2.45, 2.75) is 38.6 Å². The normalized spacial score (nSPS) is 21.4. The molecule has 1 aliphatic rings. The van der Waals surface area contributed by atoms with Crippen molar-refractivity contribution in [1.29, 1.82) is 0 Å². The number of hydrogen-bond donors (Lipinski definition) is 3. The lowest BCUT2D eigenvalue weighted by Crippen LogP contribution is -2.42. The van der Waals surface area contributed by atoms with Gasteiger partial charge in [-0.3, -0.25) is 0 Å². The van der Waals surface area contributed by atoms with Crippen molar-refractivity contribution in [3.8, 4) is 0 Å². The monoisotopic (exact) mass is 276 g/mol. The zero-order valence-corrected chi connectivity index (χ0v) is 12.2. The summed E-state index contributed by atoms with van der Waals surface area (Å²) < 4.78 is 0. The van der Waals surface area contributed by atoms with Crippen LogP contribution in [-0.2, 0) is 0 Å². The fourth-order valence-electron chi connectivity index (χ4n) is 2.35. The average Bonchev–Trinajstić information content (AvgIpc) is 3.17. The number of aliphatic hydroxyl groups is 1.